The first kappa shape index (κ1) is 14.9. The molecular formula is C14H19NO4P+. The zero-order valence-corrected chi connectivity index (χ0v) is 12.3. The van der Waals surface area contributed by atoms with Gasteiger partial charge in [-0.2, -0.15) is 0 Å². The Morgan fingerprint density at radius 2 is 1.95 bits per heavy atom. The minimum Gasteiger partial charge on any atom is -0.461 e. The fraction of sp³-hybridized carbons (Fsp3) is 0.500. The molecule has 0 amide bonds. The quantitative estimate of drug-likeness (QED) is 0.645. The van der Waals surface area contributed by atoms with E-state index in [4.69, 9.17) is 9.26 Å². The highest BCUT2D eigenvalue weighted by Gasteiger charge is 2.30. The Balaban J connectivity index is 1.76. The Morgan fingerprint density at radius 3 is 2.60 bits per heavy atom. The molecule has 0 aliphatic heterocycles. The molecule has 0 heterocycles. The highest BCUT2D eigenvalue weighted by Crippen LogP contribution is 2.24. The van der Waals surface area contributed by atoms with E-state index in [1.54, 1.807) is 31.2 Å². The van der Waals surface area contributed by atoms with Gasteiger partial charge in [-0.3, -0.25) is 4.79 Å². The summed E-state index contributed by atoms with van der Waals surface area (Å²) in [6, 6.07) is 8.18. The minimum absolute atomic E-state index is 0.0136. The third-order valence-corrected chi connectivity index (χ3v) is 4.14. The average Bonchev–Trinajstić information content (AvgIpc) is 2.92. The maximum Gasteiger partial charge on any atom is 0.664 e. The number of carbonyl (C=O) groups is 1. The Morgan fingerprint density at radius 1 is 1.30 bits per heavy atom. The third-order valence-electron chi connectivity index (χ3n) is 3.17. The first-order chi connectivity index (χ1) is 9.65. The number of nitrogens with one attached hydrogen (secondary N) is 1. The van der Waals surface area contributed by atoms with Gasteiger partial charge in [0.15, 0.2) is 5.75 Å². The van der Waals surface area contributed by atoms with Gasteiger partial charge in [0, 0.05) is 4.57 Å². The maximum atomic E-state index is 11.8. The van der Waals surface area contributed by atoms with Gasteiger partial charge in [-0.15, -0.1) is 0 Å². The summed E-state index contributed by atoms with van der Waals surface area (Å²) in [4.78, 5) is 11.8. The standard InChI is InChI=1S/C14H19NO4P/c1-11(14(16)18-12-7-5-6-8-12)15-20(17)19-13-9-3-2-4-10-13/h2-4,9-12H,5-8H2,1H3,(H,15,17)/q+1/t11-/m0/s1. The summed E-state index contributed by atoms with van der Waals surface area (Å²) in [6.45, 7) is 1.62. The summed E-state index contributed by atoms with van der Waals surface area (Å²) < 4.78 is 22.3. The first-order valence-corrected chi connectivity index (χ1v) is 8.00. The van der Waals surface area contributed by atoms with Crippen molar-refractivity contribution >= 4 is 14.1 Å². The molecule has 0 spiro atoms. The number of hydrogen-bond acceptors (Lipinski definition) is 4. The largest absolute Gasteiger partial charge is 0.664 e. The van der Waals surface area contributed by atoms with Crippen LogP contribution in [-0.2, 0) is 14.1 Å². The molecule has 1 saturated carbocycles. The average molecular weight is 296 g/mol. The van der Waals surface area contributed by atoms with Crippen LogP contribution in [-0.4, -0.2) is 18.1 Å². The van der Waals surface area contributed by atoms with Crippen LogP contribution in [0.15, 0.2) is 30.3 Å². The molecule has 108 valence electrons. The highest BCUT2D eigenvalue weighted by molar-refractivity contribution is 7.37. The molecule has 20 heavy (non-hydrogen) atoms. The number of para-hydroxylation sites is 1. The molecule has 1 aliphatic carbocycles. The number of rotatable bonds is 6. The van der Waals surface area contributed by atoms with Gasteiger partial charge < -0.3 is 4.74 Å². The molecule has 1 unspecified atom stereocenters. The van der Waals surface area contributed by atoms with Crippen LogP contribution in [0.2, 0.25) is 0 Å². The van der Waals surface area contributed by atoms with Crippen molar-refractivity contribution in [3.05, 3.63) is 30.3 Å². The van der Waals surface area contributed by atoms with Crippen LogP contribution >= 0.6 is 8.18 Å². The van der Waals surface area contributed by atoms with Gasteiger partial charge in [0.1, 0.15) is 12.1 Å². The zero-order valence-electron chi connectivity index (χ0n) is 11.5. The highest BCUT2D eigenvalue weighted by atomic mass is 31.1. The molecule has 1 fully saturated rings. The summed E-state index contributed by atoms with van der Waals surface area (Å²) in [7, 11) is -2.15. The van der Waals surface area contributed by atoms with E-state index in [0.717, 1.165) is 25.7 Å². The molecule has 0 radical (unpaired) electrons. The molecule has 0 saturated heterocycles. The normalized spacial score (nSPS) is 17.6. The van der Waals surface area contributed by atoms with E-state index in [0.29, 0.717) is 5.75 Å². The van der Waals surface area contributed by atoms with Crippen LogP contribution in [0.1, 0.15) is 32.6 Å². The van der Waals surface area contributed by atoms with E-state index >= 15 is 0 Å². The van der Waals surface area contributed by atoms with Gasteiger partial charge >= 0.3 is 14.1 Å². The minimum atomic E-state index is -2.15. The van der Waals surface area contributed by atoms with Gasteiger partial charge in [-0.25, -0.2) is 4.52 Å². The van der Waals surface area contributed by atoms with Crippen LogP contribution in [0.25, 0.3) is 0 Å². The second-order valence-corrected chi connectivity index (χ2v) is 5.81. The smallest absolute Gasteiger partial charge is 0.461 e. The lowest BCUT2D eigenvalue weighted by Gasteiger charge is -2.13. The lowest BCUT2D eigenvalue weighted by atomic mass is 10.3. The summed E-state index contributed by atoms with van der Waals surface area (Å²) >= 11 is 0. The fourth-order valence-corrected chi connectivity index (χ4v) is 2.87. The van der Waals surface area contributed by atoms with Crippen molar-refractivity contribution in [2.75, 3.05) is 0 Å². The predicted molar refractivity (Wildman–Crippen MR) is 75.6 cm³/mol. The van der Waals surface area contributed by atoms with Crippen molar-refractivity contribution in [1.29, 1.82) is 0 Å². The van der Waals surface area contributed by atoms with Crippen molar-refractivity contribution in [1.82, 2.24) is 5.09 Å². The van der Waals surface area contributed by atoms with Crippen molar-refractivity contribution in [3.8, 4) is 5.75 Å². The van der Waals surface area contributed by atoms with Crippen LogP contribution in [0.3, 0.4) is 0 Å². The second kappa shape index (κ2) is 7.36. The van der Waals surface area contributed by atoms with Gasteiger partial charge in [0.05, 0.1) is 0 Å². The Hall–Kier alpha value is -1.45. The Bertz CT molecular complexity index is 460. The van der Waals surface area contributed by atoms with E-state index < -0.39 is 14.2 Å². The Labute approximate surface area is 119 Å². The number of ether oxygens (including phenoxy) is 1. The van der Waals surface area contributed by atoms with Crippen molar-refractivity contribution in [2.24, 2.45) is 0 Å². The van der Waals surface area contributed by atoms with Gasteiger partial charge in [-0.05, 0) is 44.7 Å². The zero-order chi connectivity index (χ0) is 14.4. The van der Waals surface area contributed by atoms with E-state index in [9.17, 15) is 9.36 Å². The summed E-state index contributed by atoms with van der Waals surface area (Å²) in [5, 5.41) is 2.61. The molecule has 1 aromatic carbocycles. The fourth-order valence-electron chi connectivity index (χ4n) is 2.09. The summed E-state index contributed by atoms with van der Waals surface area (Å²) in [5.41, 5.74) is 0. The topological polar surface area (TPSA) is 64.6 Å². The molecule has 5 nitrogen and oxygen atoms in total. The lowest BCUT2D eigenvalue weighted by Crippen LogP contribution is -2.33. The monoisotopic (exact) mass is 296 g/mol. The van der Waals surface area contributed by atoms with Gasteiger partial charge in [0.2, 0.25) is 0 Å². The van der Waals surface area contributed by atoms with Gasteiger partial charge in [0.25, 0.3) is 0 Å². The van der Waals surface area contributed by atoms with E-state index in [2.05, 4.69) is 5.09 Å². The lowest BCUT2D eigenvalue weighted by molar-refractivity contribution is -0.150. The predicted octanol–water partition coefficient (Wildman–Crippen LogP) is 3.19. The number of carbonyl (C=O) groups excluding carboxylic acids is 1. The van der Waals surface area contributed by atoms with E-state index in [1.165, 1.54) is 0 Å². The molecule has 0 aromatic heterocycles. The molecule has 6 heteroatoms. The van der Waals surface area contributed by atoms with E-state index in [-0.39, 0.29) is 12.1 Å². The summed E-state index contributed by atoms with van der Waals surface area (Å²) in [5.74, 6) is 0.120. The SMILES string of the molecule is C[C@H](N[P+](=O)Oc1ccccc1)C(=O)OC1CCCC1. The summed E-state index contributed by atoms with van der Waals surface area (Å²) in [6.07, 6.45) is 4.06. The number of hydrogen-bond donors (Lipinski definition) is 1. The van der Waals surface area contributed by atoms with Crippen LogP contribution in [0.4, 0.5) is 0 Å². The van der Waals surface area contributed by atoms with Crippen LogP contribution in [0, 0.1) is 0 Å². The number of esters is 1. The van der Waals surface area contributed by atoms with E-state index in [1.807, 2.05) is 6.07 Å². The van der Waals surface area contributed by atoms with Gasteiger partial charge in [-0.1, -0.05) is 23.3 Å². The maximum absolute atomic E-state index is 11.8. The van der Waals surface area contributed by atoms with Crippen molar-refractivity contribution in [2.45, 2.75) is 44.8 Å². The molecule has 1 aliphatic rings. The first-order valence-electron chi connectivity index (χ1n) is 6.82. The van der Waals surface area contributed by atoms with Crippen LogP contribution < -0.4 is 9.61 Å². The Kier molecular flexibility index (Phi) is 5.50. The third kappa shape index (κ3) is 4.58. The molecule has 2 atom stereocenters. The van der Waals surface area contributed by atoms with Crippen molar-refractivity contribution in [3.63, 3.8) is 0 Å². The van der Waals surface area contributed by atoms with Crippen molar-refractivity contribution < 1.29 is 18.6 Å². The molecule has 1 N–H and O–H groups in total. The molecule has 1 aromatic rings. The molecule has 2 rings (SSSR count). The number of benzene rings is 1. The second-order valence-electron chi connectivity index (χ2n) is 4.86. The molecule has 0 bridgehead atoms. The molecular weight excluding hydrogens is 277 g/mol. The van der Waals surface area contributed by atoms with Crippen LogP contribution in [0.5, 0.6) is 5.75 Å².